The number of carbonyl (C=O) groups is 1. The molecule has 0 atom stereocenters. The smallest absolute Gasteiger partial charge is 0.209 e. The molecule has 1 amide bonds. The summed E-state index contributed by atoms with van der Waals surface area (Å²) in [5, 5.41) is 0. The molecule has 0 radical (unpaired) electrons. The van der Waals surface area contributed by atoms with Gasteiger partial charge in [-0.05, 0) is 12.1 Å². The molecule has 0 unspecified atom stereocenters. The lowest BCUT2D eigenvalue weighted by molar-refractivity contribution is -0.115. The van der Waals surface area contributed by atoms with Gasteiger partial charge in [0, 0.05) is 34.4 Å². The number of hydrogen-bond donors (Lipinski definition) is 0. The molecule has 0 spiro atoms. The van der Waals surface area contributed by atoms with Crippen molar-refractivity contribution in [2.24, 2.45) is 0 Å². The Hall–Kier alpha value is -1.58. The molecule has 0 saturated heterocycles. The van der Waals surface area contributed by atoms with Crippen LogP contribution in [-0.2, 0) is 4.79 Å². The van der Waals surface area contributed by atoms with Gasteiger partial charge in [-0.3, -0.25) is 4.79 Å². The Balaban J connectivity index is 0.000000292. The van der Waals surface area contributed by atoms with E-state index in [2.05, 4.69) is 4.98 Å². The van der Waals surface area contributed by atoms with Crippen LogP contribution in [0.3, 0.4) is 0 Å². The largest absolute Gasteiger partial charge is 0.363 e. The Labute approximate surface area is 85.2 Å². The predicted octanol–water partition coefficient (Wildman–Crippen LogP) is 0.852. The van der Waals surface area contributed by atoms with Crippen LogP contribution in [0, 0.1) is 0 Å². The van der Waals surface area contributed by atoms with Crippen molar-refractivity contribution in [1.29, 1.82) is 0 Å². The number of aromatic nitrogens is 1. The zero-order valence-electron chi connectivity index (χ0n) is 9.14. The van der Waals surface area contributed by atoms with Crippen LogP contribution in [0.25, 0.3) is 0 Å². The number of anilines is 1. The van der Waals surface area contributed by atoms with E-state index in [9.17, 15) is 4.79 Å². The number of hydrogen-bond acceptors (Lipinski definition) is 3. The molecule has 1 aromatic rings. The Morgan fingerprint density at radius 2 is 1.79 bits per heavy atom. The zero-order chi connectivity index (χ0) is 11.0. The first-order chi connectivity index (χ1) is 6.57. The molecule has 0 aliphatic carbocycles. The first-order valence-corrected chi connectivity index (χ1v) is 4.28. The van der Waals surface area contributed by atoms with E-state index < -0.39 is 0 Å². The molecule has 1 rings (SSSR count). The molecule has 0 aromatic carbocycles. The lowest BCUT2D eigenvalue weighted by Gasteiger charge is -2.08. The van der Waals surface area contributed by atoms with Crippen molar-refractivity contribution in [1.82, 2.24) is 9.88 Å². The van der Waals surface area contributed by atoms with Gasteiger partial charge in [-0.2, -0.15) is 0 Å². The van der Waals surface area contributed by atoms with Crippen molar-refractivity contribution in [3.63, 3.8) is 0 Å². The minimum Gasteiger partial charge on any atom is -0.363 e. The van der Waals surface area contributed by atoms with Crippen LogP contribution in [0.4, 0.5) is 5.82 Å². The molecule has 1 aromatic heterocycles. The van der Waals surface area contributed by atoms with E-state index in [0.29, 0.717) is 0 Å². The third kappa shape index (κ3) is 5.99. The van der Waals surface area contributed by atoms with Crippen LogP contribution in [0.2, 0.25) is 0 Å². The van der Waals surface area contributed by atoms with E-state index in [1.54, 1.807) is 20.3 Å². The number of rotatable bonds is 2. The van der Waals surface area contributed by atoms with E-state index in [1.165, 1.54) is 4.90 Å². The summed E-state index contributed by atoms with van der Waals surface area (Å²) >= 11 is 0. The summed E-state index contributed by atoms with van der Waals surface area (Å²) in [7, 11) is 7.32. The molecular formula is C10H17N3O. The van der Waals surface area contributed by atoms with Gasteiger partial charge in [0.05, 0.1) is 0 Å². The standard InChI is InChI=1S/C7H10N2.C3H7NO/c1-9(2)7-5-3-4-6-8-7;1-4(2)3-5/h3-6H,1-2H3;3H,1-2H3. The highest BCUT2D eigenvalue weighted by atomic mass is 16.1. The first-order valence-electron chi connectivity index (χ1n) is 4.28. The van der Waals surface area contributed by atoms with Gasteiger partial charge in [-0.15, -0.1) is 0 Å². The topological polar surface area (TPSA) is 36.4 Å². The van der Waals surface area contributed by atoms with E-state index in [0.717, 1.165) is 12.2 Å². The third-order valence-electron chi connectivity index (χ3n) is 1.32. The van der Waals surface area contributed by atoms with Gasteiger partial charge in [-0.1, -0.05) is 6.07 Å². The van der Waals surface area contributed by atoms with Crippen LogP contribution in [-0.4, -0.2) is 44.5 Å². The summed E-state index contributed by atoms with van der Waals surface area (Å²) in [6.07, 6.45) is 2.54. The van der Waals surface area contributed by atoms with Crippen LogP contribution in [0.15, 0.2) is 24.4 Å². The molecular weight excluding hydrogens is 178 g/mol. The summed E-state index contributed by atoms with van der Waals surface area (Å²) in [4.78, 5) is 17.0. The van der Waals surface area contributed by atoms with E-state index >= 15 is 0 Å². The molecule has 0 N–H and O–H groups in total. The van der Waals surface area contributed by atoms with Crippen molar-refractivity contribution in [2.75, 3.05) is 33.1 Å². The fraction of sp³-hybridized carbons (Fsp3) is 0.400. The normalized spacial score (nSPS) is 8.29. The number of carbonyl (C=O) groups excluding carboxylic acids is 1. The summed E-state index contributed by atoms with van der Waals surface area (Å²) < 4.78 is 0. The van der Waals surface area contributed by atoms with Crippen LogP contribution >= 0.6 is 0 Å². The van der Waals surface area contributed by atoms with Crippen LogP contribution in [0.5, 0.6) is 0 Å². The van der Waals surface area contributed by atoms with E-state index in [4.69, 9.17) is 0 Å². The molecule has 4 nitrogen and oxygen atoms in total. The highest BCUT2D eigenvalue weighted by Crippen LogP contribution is 2.02. The molecule has 78 valence electrons. The average Bonchev–Trinajstić information content (AvgIpc) is 2.20. The summed E-state index contributed by atoms with van der Waals surface area (Å²) in [5.41, 5.74) is 0. The number of pyridine rings is 1. The number of nitrogens with zero attached hydrogens (tertiary/aromatic N) is 3. The summed E-state index contributed by atoms with van der Waals surface area (Å²) in [6.45, 7) is 0. The fourth-order valence-corrected chi connectivity index (χ4v) is 0.618. The van der Waals surface area contributed by atoms with Crippen LogP contribution < -0.4 is 4.90 Å². The quantitative estimate of drug-likeness (QED) is 0.656. The second-order valence-electron chi connectivity index (χ2n) is 3.15. The predicted molar refractivity (Wildman–Crippen MR) is 58.3 cm³/mol. The van der Waals surface area contributed by atoms with Gasteiger partial charge >= 0.3 is 0 Å². The molecule has 0 aliphatic rings. The van der Waals surface area contributed by atoms with Gasteiger partial charge < -0.3 is 9.80 Å². The van der Waals surface area contributed by atoms with Gasteiger partial charge in [0.15, 0.2) is 0 Å². The van der Waals surface area contributed by atoms with Gasteiger partial charge in [0.1, 0.15) is 5.82 Å². The maximum atomic E-state index is 9.43. The van der Waals surface area contributed by atoms with Gasteiger partial charge in [-0.25, -0.2) is 4.98 Å². The van der Waals surface area contributed by atoms with Gasteiger partial charge in [0.25, 0.3) is 0 Å². The molecule has 0 fully saturated rings. The minimum absolute atomic E-state index is 0.750. The summed E-state index contributed by atoms with van der Waals surface area (Å²) in [5.74, 6) is 0.998. The Morgan fingerprint density at radius 3 is 2.00 bits per heavy atom. The van der Waals surface area contributed by atoms with Gasteiger partial charge in [0.2, 0.25) is 6.41 Å². The molecule has 1 heterocycles. The Bertz CT molecular complexity index is 247. The van der Waals surface area contributed by atoms with Crippen molar-refractivity contribution >= 4 is 12.2 Å². The molecule has 4 heteroatoms. The molecule has 0 aliphatic heterocycles. The van der Waals surface area contributed by atoms with E-state index in [-0.39, 0.29) is 0 Å². The van der Waals surface area contributed by atoms with Crippen molar-refractivity contribution in [3.05, 3.63) is 24.4 Å². The molecule has 0 bridgehead atoms. The fourth-order valence-electron chi connectivity index (χ4n) is 0.618. The highest BCUT2D eigenvalue weighted by molar-refractivity contribution is 5.45. The van der Waals surface area contributed by atoms with Crippen molar-refractivity contribution in [2.45, 2.75) is 0 Å². The monoisotopic (exact) mass is 195 g/mol. The lowest BCUT2D eigenvalue weighted by Crippen LogP contribution is -2.09. The Kier molecular flexibility index (Phi) is 6.11. The maximum Gasteiger partial charge on any atom is 0.209 e. The first kappa shape index (κ1) is 12.4. The minimum atomic E-state index is 0.750. The lowest BCUT2D eigenvalue weighted by atomic mass is 10.4. The third-order valence-corrected chi connectivity index (χ3v) is 1.32. The second kappa shape index (κ2) is 6.88. The van der Waals surface area contributed by atoms with Crippen molar-refractivity contribution in [3.8, 4) is 0 Å². The van der Waals surface area contributed by atoms with E-state index in [1.807, 2.05) is 37.2 Å². The average molecular weight is 195 g/mol. The van der Waals surface area contributed by atoms with Crippen LogP contribution in [0.1, 0.15) is 0 Å². The number of amides is 1. The van der Waals surface area contributed by atoms with Crippen molar-refractivity contribution < 1.29 is 4.79 Å². The Morgan fingerprint density at radius 1 is 1.21 bits per heavy atom. The molecule has 14 heavy (non-hydrogen) atoms. The zero-order valence-corrected chi connectivity index (χ0v) is 9.14. The molecule has 0 saturated carbocycles. The summed E-state index contributed by atoms with van der Waals surface area (Å²) in [6, 6.07) is 5.86. The SMILES string of the molecule is CN(C)C=O.CN(C)c1ccccn1. The second-order valence-corrected chi connectivity index (χ2v) is 3.15. The maximum absolute atomic E-state index is 9.43. The highest BCUT2D eigenvalue weighted by Gasteiger charge is 1.89.